The van der Waals surface area contributed by atoms with Crippen molar-refractivity contribution in [1.82, 2.24) is 9.55 Å². The molecule has 1 aliphatic heterocycles. The molecule has 12 rings (SSSR count). The Kier molecular flexibility index (Phi) is 7.74. The van der Waals surface area contributed by atoms with Gasteiger partial charge in [-0.05, 0) is 139 Å². The van der Waals surface area contributed by atoms with Gasteiger partial charge < -0.3 is 14.5 Å². The topological polar surface area (TPSA) is 33.5 Å². The maximum absolute atomic E-state index is 6.92. The van der Waals surface area contributed by atoms with E-state index in [0.717, 1.165) is 52.5 Å². The third-order valence-corrected chi connectivity index (χ3v) is 14.3. The predicted molar refractivity (Wildman–Crippen MR) is 235 cm³/mol. The molecule has 0 unspecified atom stereocenters. The Labute approximate surface area is 336 Å². The summed E-state index contributed by atoms with van der Waals surface area (Å²) in [6.45, 7) is 9.83. The molecule has 3 heterocycles. The van der Waals surface area contributed by atoms with Gasteiger partial charge >= 0.3 is 0 Å². The van der Waals surface area contributed by atoms with Crippen LogP contribution in [0.2, 0.25) is 0 Å². The number of pyridine rings is 1. The Balaban J connectivity index is 1.03. The second kappa shape index (κ2) is 12.7. The first kappa shape index (κ1) is 34.7. The zero-order valence-corrected chi connectivity index (χ0v) is 33.9. The van der Waals surface area contributed by atoms with E-state index in [9.17, 15) is 0 Å². The predicted octanol–water partition coefficient (Wildman–Crippen LogP) is 12.9. The summed E-state index contributed by atoms with van der Waals surface area (Å²) in [6.07, 6.45) is 8.89. The van der Waals surface area contributed by atoms with Gasteiger partial charge in [0, 0.05) is 47.3 Å². The number of anilines is 3. The summed E-state index contributed by atoms with van der Waals surface area (Å²) in [5.41, 5.74) is 11.3. The molecule has 4 saturated carbocycles. The molecule has 4 fully saturated rings. The molecule has 0 spiro atoms. The highest BCUT2D eigenvalue weighted by Gasteiger charge is 2.58. The smallest absolute Gasteiger partial charge is 0.137 e. The maximum Gasteiger partial charge on any atom is 0.137 e. The van der Waals surface area contributed by atoms with Gasteiger partial charge in [0.1, 0.15) is 17.3 Å². The molecule has 5 aromatic carbocycles. The summed E-state index contributed by atoms with van der Waals surface area (Å²) in [5, 5.41) is 2.43. The zero-order valence-electron chi connectivity index (χ0n) is 33.9. The van der Waals surface area contributed by atoms with Crippen molar-refractivity contribution in [2.24, 2.45) is 23.7 Å². The number of hydrogen-bond acceptors (Lipinski definition) is 4. The standard InChI is InChI=1S/C52H52N4O/c1-33-14-16-36(17-15-33)52(39-23-34-22-35(25-39)26-40(52)24-34)37-20-21-53-50(29-37)56-46-11-7-6-10-44(46)45-19-18-42(31-49(45)56)57-43-28-38(51(2,3)4)27-41(30-43)55-32-54(5)47-12-8-9-13-48(47)55/h6-21,27-31,34-35,39-40H,22-26,32H2,1-5H3. The van der Waals surface area contributed by atoms with Crippen molar-refractivity contribution in [3.05, 3.63) is 150 Å². The van der Waals surface area contributed by atoms with Crippen molar-refractivity contribution < 1.29 is 4.74 Å². The molecule has 0 atom stereocenters. The van der Waals surface area contributed by atoms with Crippen LogP contribution in [0.25, 0.3) is 27.6 Å². The number of nitrogens with zero attached hydrogens (tertiary/aromatic N) is 4. The molecule has 286 valence electrons. The van der Waals surface area contributed by atoms with Gasteiger partial charge in [-0.1, -0.05) is 80.9 Å². The van der Waals surface area contributed by atoms with Crippen molar-refractivity contribution in [2.45, 2.75) is 70.6 Å². The molecular weight excluding hydrogens is 697 g/mol. The van der Waals surface area contributed by atoms with E-state index in [2.05, 4.69) is 177 Å². The van der Waals surface area contributed by atoms with E-state index >= 15 is 0 Å². The van der Waals surface area contributed by atoms with Crippen LogP contribution in [-0.2, 0) is 10.8 Å². The second-order valence-corrected chi connectivity index (χ2v) is 18.8. The fourth-order valence-electron chi connectivity index (χ4n) is 11.9. The van der Waals surface area contributed by atoms with Crippen LogP contribution in [0.3, 0.4) is 0 Å². The van der Waals surface area contributed by atoms with Gasteiger partial charge in [0.2, 0.25) is 0 Å². The molecule has 5 aliphatic rings. The van der Waals surface area contributed by atoms with Crippen molar-refractivity contribution in [2.75, 3.05) is 23.5 Å². The first-order valence-electron chi connectivity index (χ1n) is 21.1. The van der Waals surface area contributed by atoms with E-state index in [-0.39, 0.29) is 10.8 Å². The van der Waals surface area contributed by atoms with E-state index in [1.165, 1.54) is 76.5 Å². The quantitative estimate of drug-likeness (QED) is 0.170. The van der Waals surface area contributed by atoms with Gasteiger partial charge in [0.15, 0.2) is 0 Å². The first-order chi connectivity index (χ1) is 27.6. The third-order valence-electron chi connectivity index (χ3n) is 14.3. The molecule has 4 aliphatic carbocycles. The van der Waals surface area contributed by atoms with Gasteiger partial charge in [0.25, 0.3) is 0 Å². The van der Waals surface area contributed by atoms with Crippen molar-refractivity contribution in [3.8, 4) is 17.3 Å². The molecule has 4 bridgehead atoms. The van der Waals surface area contributed by atoms with Crippen LogP contribution in [0, 0.1) is 30.6 Å². The molecule has 57 heavy (non-hydrogen) atoms. The van der Waals surface area contributed by atoms with Crippen molar-refractivity contribution in [1.29, 1.82) is 0 Å². The monoisotopic (exact) mass is 748 g/mol. The van der Waals surface area contributed by atoms with Gasteiger partial charge in [-0.3, -0.25) is 4.57 Å². The summed E-state index contributed by atoms with van der Waals surface area (Å²) in [4.78, 5) is 9.88. The summed E-state index contributed by atoms with van der Waals surface area (Å²) in [7, 11) is 2.16. The number of rotatable bonds is 6. The highest BCUT2D eigenvalue weighted by molar-refractivity contribution is 6.09. The van der Waals surface area contributed by atoms with Crippen LogP contribution in [0.15, 0.2) is 128 Å². The molecule has 0 amide bonds. The Morgan fingerprint density at radius 2 is 1.35 bits per heavy atom. The number of benzene rings is 5. The number of para-hydroxylation sites is 3. The van der Waals surface area contributed by atoms with Gasteiger partial charge in [-0.15, -0.1) is 0 Å². The lowest BCUT2D eigenvalue weighted by Gasteiger charge is -2.62. The number of fused-ring (bicyclic) bond motifs is 4. The van der Waals surface area contributed by atoms with Crippen molar-refractivity contribution in [3.63, 3.8) is 0 Å². The minimum absolute atomic E-state index is 0.00623. The Morgan fingerprint density at radius 3 is 2.11 bits per heavy atom. The molecule has 5 heteroatoms. The number of hydrogen-bond donors (Lipinski definition) is 0. The maximum atomic E-state index is 6.92. The average Bonchev–Trinajstić information content (AvgIpc) is 3.72. The molecule has 5 nitrogen and oxygen atoms in total. The third kappa shape index (κ3) is 5.45. The normalized spacial score (nSPS) is 23.8. The van der Waals surface area contributed by atoms with Gasteiger partial charge in [0.05, 0.1) is 29.1 Å². The van der Waals surface area contributed by atoms with E-state index in [0.29, 0.717) is 11.8 Å². The van der Waals surface area contributed by atoms with E-state index in [1.54, 1.807) is 0 Å². The Hall–Kier alpha value is -5.55. The van der Waals surface area contributed by atoms with E-state index < -0.39 is 0 Å². The Bertz CT molecular complexity index is 2650. The summed E-state index contributed by atoms with van der Waals surface area (Å²) < 4.78 is 9.30. The minimum Gasteiger partial charge on any atom is -0.457 e. The lowest BCUT2D eigenvalue weighted by molar-refractivity contribution is -0.0418. The fourth-order valence-corrected chi connectivity index (χ4v) is 11.9. The van der Waals surface area contributed by atoms with Gasteiger partial charge in [-0.2, -0.15) is 0 Å². The summed E-state index contributed by atoms with van der Waals surface area (Å²) in [5.74, 6) is 5.72. The van der Waals surface area contributed by atoms with Crippen LogP contribution >= 0.6 is 0 Å². The molecule has 0 radical (unpaired) electrons. The fraction of sp³-hybridized carbons (Fsp3) is 0.327. The van der Waals surface area contributed by atoms with E-state index in [1.807, 2.05) is 0 Å². The lowest BCUT2D eigenvalue weighted by Crippen LogP contribution is -2.56. The largest absolute Gasteiger partial charge is 0.457 e. The average molecular weight is 749 g/mol. The molecule has 2 aromatic heterocycles. The highest BCUT2D eigenvalue weighted by atomic mass is 16.5. The van der Waals surface area contributed by atoms with Crippen LogP contribution in [0.4, 0.5) is 17.1 Å². The van der Waals surface area contributed by atoms with Gasteiger partial charge in [-0.25, -0.2) is 4.98 Å². The SMILES string of the molecule is Cc1ccc(C2(c3ccnc(-n4c5ccccc5c5ccc(Oc6cc(N7CN(C)c8ccccc87)cc(C(C)(C)C)c6)cc54)c3)C3CC4CC(C3)CC2C4)cc1. The molecule has 0 saturated heterocycles. The number of aromatic nitrogens is 2. The van der Waals surface area contributed by atoms with Crippen LogP contribution in [-0.4, -0.2) is 23.3 Å². The molecule has 7 aromatic rings. The summed E-state index contributed by atoms with van der Waals surface area (Å²) in [6, 6.07) is 45.1. The summed E-state index contributed by atoms with van der Waals surface area (Å²) >= 11 is 0. The Morgan fingerprint density at radius 1 is 0.649 bits per heavy atom. The first-order valence-corrected chi connectivity index (χ1v) is 21.1. The lowest BCUT2D eigenvalue weighted by atomic mass is 9.42. The van der Waals surface area contributed by atoms with Crippen LogP contribution in [0.1, 0.15) is 75.1 Å². The second-order valence-electron chi connectivity index (χ2n) is 18.8. The minimum atomic E-state index is -0.0560. The van der Waals surface area contributed by atoms with E-state index in [4.69, 9.17) is 9.72 Å². The van der Waals surface area contributed by atoms with Crippen LogP contribution < -0.4 is 14.5 Å². The van der Waals surface area contributed by atoms with Crippen molar-refractivity contribution >= 4 is 38.9 Å². The number of aryl methyl sites for hydroxylation is 1. The number of ether oxygens (including phenoxy) is 1. The molecule has 0 N–H and O–H groups in total. The molecular formula is C52H52N4O. The zero-order chi connectivity index (χ0) is 38.6. The van der Waals surface area contributed by atoms with Crippen LogP contribution in [0.5, 0.6) is 11.5 Å². The highest BCUT2D eigenvalue weighted by Crippen LogP contribution is 2.65.